The van der Waals surface area contributed by atoms with Gasteiger partial charge in [0.25, 0.3) is 0 Å². The van der Waals surface area contributed by atoms with E-state index >= 15 is 0 Å². The average molecular weight is 245 g/mol. The zero-order valence-corrected chi connectivity index (χ0v) is 11.0. The van der Waals surface area contributed by atoms with Crippen molar-refractivity contribution in [2.75, 3.05) is 6.54 Å². The van der Waals surface area contributed by atoms with Crippen molar-refractivity contribution in [1.29, 1.82) is 5.26 Å². The number of carbonyl (C=O) groups excluding carboxylic acids is 1. The standard InChI is InChI=1S/C14H19N3O/c1-10-4-6-13(7-5-10)14(8-15)16-9-11(2)17-12(3)18/h4-7,11,14,16H,9H2,1-3H3,(H,17,18). The van der Waals surface area contributed by atoms with E-state index in [0.717, 1.165) is 5.56 Å². The first-order valence-corrected chi connectivity index (χ1v) is 5.99. The zero-order valence-electron chi connectivity index (χ0n) is 11.0. The van der Waals surface area contributed by atoms with Crippen LogP contribution in [-0.2, 0) is 4.79 Å². The van der Waals surface area contributed by atoms with Gasteiger partial charge in [-0.1, -0.05) is 29.8 Å². The molecule has 18 heavy (non-hydrogen) atoms. The summed E-state index contributed by atoms with van der Waals surface area (Å²) in [6.07, 6.45) is 0. The van der Waals surface area contributed by atoms with Crippen LogP contribution in [0.15, 0.2) is 24.3 Å². The molecule has 0 fully saturated rings. The molecular weight excluding hydrogens is 226 g/mol. The molecule has 0 heterocycles. The molecule has 0 aliphatic heterocycles. The SMILES string of the molecule is CC(=O)NC(C)CNC(C#N)c1ccc(C)cc1. The molecule has 1 amide bonds. The van der Waals surface area contributed by atoms with Crippen molar-refractivity contribution in [3.05, 3.63) is 35.4 Å². The van der Waals surface area contributed by atoms with E-state index in [9.17, 15) is 4.79 Å². The molecule has 0 aromatic heterocycles. The second-order valence-electron chi connectivity index (χ2n) is 4.48. The van der Waals surface area contributed by atoms with Crippen LogP contribution in [-0.4, -0.2) is 18.5 Å². The highest BCUT2D eigenvalue weighted by Gasteiger charge is 2.11. The topological polar surface area (TPSA) is 64.9 Å². The summed E-state index contributed by atoms with van der Waals surface area (Å²) < 4.78 is 0. The van der Waals surface area contributed by atoms with E-state index in [2.05, 4.69) is 16.7 Å². The van der Waals surface area contributed by atoms with E-state index in [4.69, 9.17) is 5.26 Å². The van der Waals surface area contributed by atoms with Crippen LogP contribution >= 0.6 is 0 Å². The van der Waals surface area contributed by atoms with E-state index in [1.165, 1.54) is 12.5 Å². The molecule has 2 N–H and O–H groups in total. The smallest absolute Gasteiger partial charge is 0.217 e. The van der Waals surface area contributed by atoms with Crippen molar-refractivity contribution in [2.45, 2.75) is 32.9 Å². The van der Waals surface area contributed by atoms with Gasteiger partial charge in [0.05, 0.1) is 6.07 Å². The van der Waals surface area contributed by atoms with Crippen LogP contribution < -0.4 is 10.6 Å². The quantitative estimate of drug-likeness (QED) is 0.829. The summed E-state index contributed by atoms with van der Waals surface area (Å²) in [5, 5.41) is 15.1. The van der Waals surface area contributed by atoms with Gasteiger partial charge in [-0.3, -0.25) is 10.1 Å². The molecule has 0 bridgehead atoms. The molecule has 0 aliphatic rings. The largest absolute Gasteiger partial charge is 0.353 e. The molecule has 4 nitrogen and oxygen atoms in total. The summed E-state index contributed by atoms with van der Waals surface area (Å²) in [5.74, 6) is -0.0619. The van der Waals surface area contributed by atoms with Crippen LogP contribution in [0.25, 0.3) is 0 Å². The van der Waals surface area contributed by atoms with Crippen molar-refractivity contribution in [1.82, 2.24) is 10.6 Å². The summed E-state index contributed by atoms with van der Waals surface area (Å²) in [6, 6.07) is 9.74. The lowest BCUT2D eigenvalue weighted by molar-refractivity contribution is -0.119. The Labute approximate surface area is 108 Å². The molecule has 2 atom stereocenters. The number of aryl methyl sites for hydroxylation is 1. The van der Waals surface area contributed by atoms with Gasteiger partial charge in [-0.15, -0.1) is 0 Å². The first kappa shape index (κ1) is 14.2. The number of benzene rings is 1. The molecule has 0 radical (unpaired) electrons. The minimum absolute atomic E-state index is 0.00352. The highest BCUT2D eigenvalue weighted by molar-refractivity contribution is 5.73. The maximum Gasteiger partial charge on any atom is 0.217 e. The first-order valence-electron chi connectivity index (χ1n) is 5.99. The van der Waals surface area contributed by atoms with E-state index in [-0.39, 0.29) is 18.0 Å². The van der Waals surface area contributed by atoms with Gasteiger partial charge in [0.2, 0.25) is 5.91 Å². The summed E-state index contributed by atoms with van der Waals surface area (Å²) >= 11 is 0. The number of nitrogens with one attached hydrogen (secondary N) is 2. The van der Waals surface area contributed by atoms with Crippen molar-refractivity contribution >= 4 is 5.91 Å². The Balaban J connectivity index is 2.55. The van der Waals surface area contributed by atoms with E-state index < -0.39 is 0 Å². The maximum absolute atomic E-state index is 10.9. The summed E-state index contributed by atoms with van der Waals surface area (Å²) in [5.41, 5.74) is 2.11. The normalized spacial score (nSPS) is 13.4. The highest BCUT2D eigenvalue weighted by Crippen LogP contribution is 2.12. The minimum atomic E-state index is -0.346. The molecule has 4 heteroatoms. The Morgan fingerprint density at radius 2 is 2.00 bits per heavy atom. The molecule has 2 unspecified atom stereocenters. The number of rotatable bonds is 5. The van der Waals surface area contributed by atoms with Crippen LogP contribution in [0.5, 0.6) is 0 Å². The van der Waals surface area contributed by atoms with Gasteiger partial charge in [-0.25, -0.2) is 0 Å². The minimum Gasteiger partial charge on any atom is -0.353 e. The van der Waals surface area contributed by atoms with Crippen molar-refractivity contribution in [3.8, 4) is 6.07 Å². The predicted octanol–water partition coefficient (Wildman–Crippen LogP) is 1.67. The van der Waals surface area contributed by atoms with Crippen molar-refractivity contribution in [2.24, 2.45) is 0 Å². The van der Waals surface area contributed by atoms with Crippen molar-refractivity contribution < 1.29 is 4.79 Å². The number of nitriles is 1. The van der Waals surface area contributed by atoms with E-state index in [0.29, 0.717) is 6.54 Å². The number of carbonyl (C=O) groups is 1. The van der Waals surface area contributed by atoms with Gasteiger partial charge in [-0.2, -0.15) is 5.26 Å². The Hall–Kier alpha value is -1.86. The van der Waals surface area contributed by atoms with Crippen LogP contribution in [0.4, 0.5) is 0 Å². The second kappa shape index (κ2) is 6.77. The van der Waals surface area contributed by atoms with Crippen LogP contribution in [0.2, 0.25) is 0 Å². The fraction of sp³-hybridized carbons (Fsp3) is 0.429. The third-order valence-corrected chi connectivity index (χ3v) is 2.62. The summed E-state index contributed by atoms with van der Waals surface area (Å²) in [7, 11) is 0. The Kier molecular flexibility index (Phi) is 5.34. The summed E-state index contributed by atoms with van der Waals surface area (Å²) in [4.78, 5) is 10.9. The number of amides is 1. The van der Waals surface area contributed by atoms with Crippen molar-refractivity contribution in [3.63, 3.8) is 0 Å². The zero-order chi connectivity index (χ0) is 13.5. The highest BCUT2D eigenvalue weighted by atomic mass is 16.1. The van der Waals surface area contributed by atoms with E-state index in [1.807, 2.05) is 38.1 Å². The van der Waals surface area contributed by atoms with Crippen LogP contribution in [0.1, 0.15) is 31.0 Å². The fourth-order valence-corrected chi connectivity index (χ4v) is 1.69. The Bertz CT molecular complexity index is 433. The van der Waals surface area contributed by atoms with Gasteiger partial charge in [0.1, 0.15) is 6.04 Å². The lowest BCUT2D eigenvalue weighted by Gasteiger charge is -2.17. The Morgan fingerprint density at radius 3 is 2.50 bits per heavy atom. The molecule has 0 saturated carbocycles. The fourth-order valence-electron chi connectivity index (χ4n) is 1.69. The van der Waals surface area contributed by atoms with Gasteiger partial charge in [-0.05, 0) is 19.4 Å². The van der Waals surface area contributed by atoms with Gasteiger partial charge >= 0.3 is 0 Å². The predicted molar refractivity (Wildman–Crippen MR) is 70.8 cm³/mol. The number of hydrogen-bond acceptors (Lipinski definition) is 3. The van der Waals surface area contributed by atoms with E-state index in [1.54, 1.807) is 0 Å². The average Bonchev–Trinajstić information content (AvgIpc) is 2.31. The summed E-state index contributed by atoms with van der Waals surface area (Å²) in [6.45, 7) is 5.96. The number of nitrogens with zero attached hydrogens (tertiary/aromatic N) is 1. The first-order chi connectivity index (χ1) is 8.52. The molecule has 1 rings (SSSR count). The van der Waals surface area contributed by atoms with Crippen LogP contribution in [0, 0.1) is 18.3 Å². The molecule has 0 aliphatic carbocycles. The Morgan fingerprint density at radius 1 is 1.39 bits per heavy atom. The molecule has 0 spiro atoms. The van der Waals surface area contributed by atoms with Gasteiger partial charge in [0, 0.05) is 19.5 Å². The van der Waals surface area contributed by atoms with Crippen LogP contribution in [0.3, 0.4) is 0 Å². The third-order valence-electron chi connectivity index (χ3n) is 2.62. The number of hydrogen-bond donors (Lipinski definition) is 2. The lowest BCUT2D eigenvalue weighted by atomic mass is 10.1. The molecular formula is C14H19N3O. The maximum atomic E-state index is 10.9. The van der Waals surface area contributed by atoms with Gasteiger partial charge in [0.15, 0.2) is 0 Å². The lowest BCUT2D eigenvalue weighted by Crippen LogP contribution is -2.39. The third kappa shape index (κ3) is 4.56. The molecule has 0 saturated heterocycles. The second-order valence-corrected chi connectivity index (χ2v) is 4.48. The monoisotopic (exact) mass is 245 g/mol. The molecule has 1 aromatic carbocycles. The molecule has 96 valence electrons. The molecule has 1 aromatic rings. The van der Waals surface area contributed by atoms with Gasteiger partial charge < -0.3 is 5.32 Å².